The molecule has 0 saturated heterocycles. The number of ether oxygens (including phenoxy) is 2. The van der Waals surface area contributed by atoms with Crippen LogP contribution in [-0.4, -0.2) is 19.2 Å². The van der Waals surface area contributed by atoms with Crippen LogP contribution in [0.3, 0.4) is 0 Å². The Morgan fingerprint density at radius 2 is 1.83 bits per heavy atom. The molecule has 3 aromatic rings. The minimum absolute atomic E-state index is 0.321. The van der Waals surface area contributed by atoms with E-state index in [1.807, 2.05) is 29.6 Å². The van der Waals surface area contributed by atoms with Gasteiger partial charge >= 0.3 is 0 Å². The molecule has 3 rings (SSSR count). The van der Waals surface area contributed by atoms with Gasteiger partial charge in [0, 0.05) is 16.6 Å². The van der Waals surface area contributed by atoms with Crippen LogP contribution in [-0.2, 0) is 0 Å². The Morgan fingerprint density at radius 1 is 1.04 bits per heavy atom. The lowest BCUT2D eigenvalue weighted by atomic mass is 10.1. The predicted molar refractivity (Wildman–Crippen MR) is 90.3 cm³/mol. The maximum Gasteiger partial charge on any atom is 0.187 e. The van der Waals surface area contributed by atoms with Crippen molar-refractivity contribution in [2.24, 2.45) is 0 Å². The van der Waals surface area contributed by atoms with Gasteiger partial charge in [-0.1, -0.05) is 0 Å². The summed E-state index contributed by atoms with van der Waals surface area (Å²) in [5, 5.41) is 5.80. The highest BCUT2D eigenvalue weighted by atomic mass is 32.1. The van der Waals surface area contributed by atoms with Gasteiger partial charge in [-0.2, -0.15) is 0 Å². The molecule has 0 saturated carbocycles. The van der Waals surface area contributed by atoms with Gasteiger partial charge in [-0.15, -0.1) is 11.3 Å². The van der Waals surface area contributed by atoms with Gasteiger partial charge in [-0.05, 0) is 42.5 Å². The van der Waals surface area contributed by atoms with E-state index in [9.17, 15) is 4.39 Å². The Bertz CT molecular complexity index is 803. The molecule has 0 aliphatic carbocycles. The summed E-state index contributed by atoms with van der Waals surface area (Å²) in [5.41, 5.74) is 2.20. The molecule has 1 N–H and O–H groups in total. The lowest BCUT2D eigenvalue weighted by Crippen LogP contribution is -1.92. The molecular weight excluding hydrogens is 315 g/mol. The number of nitrogens with zero attached hydrogens (tertiary/aromatic N) is 1. The fraction of sp³-hybridized carbons (Fsp3) is 0.118. The van der Waals surface area contributed by atoms with Crippen molar-refractivity contribution in [2.75, 3.05) is 19.5 Å². The van der Waals surface area contributed by atoms with E-state index >= 15 is 0 Å². The summed E-state index contributed by atoms with van der Waals surface area (Å²) in [6, 6.07) is 11.9. The van der Waals surface area contributed by atoms with E-state index < -0.39 is 0 Å². The van der Waals surface area contributed by atoms with Gasteiger partial charge in [0.2, 0.25) is 0 Å². The highest BCUT2D eigenvalue weighted by Gasteiger charge is 2.11. The molecule has 118 valence electrons. The fourth-order valence-electron chi connectivity index (χ4n) is 2.13. The van der Waals surface area contributed by atoms with Crippen LogP contribution in [0.25, 0.3) is 11.3 Å². The number of aromatic nitrogens is 1. The van der Waals surface area contributed by atoms with E-state index in [4.69, 9.17) is 9.47 Å². The minimum atomic E-state index is -0.321. The number of rotatable bonds is 5. The van der Waals surface area contributed by atoms with Crippen LogP contribution >= 0.6 is 11.3 Å². The van der Waals surface area contributed by atoms with E-state index in [0.717, 1.165) is 16.6 Å². The van der Waals surface area contributed by atoms with Gasteiger partial charge in [0.25, 0.3) is 0 Å². The molecule has 0 aliphatic rings. The van der Waals surface area contributed by atoms with E-state index in [1.54, 1.807) is 20.3 Å². The summed E-state index contributed by atoms with van der Waals surface area (Å²) in [4.78, 5) is 4.50. The molecule has 1 heterocycles. The molecular formula is C17H15FN2O2S. The van der Waals surface area contributed by atoms with Crippen molar-refractivity contribution >= 4 is 22.2 Å². The maximum absolute atomic E-state index is 13.5. The van der Waals surface area contributed by atoms with Crippen molar-refractivity contribution in [3.63, 3.8) is 0 Å². The molecule has 0 unspecified atom stereocenters. The van der Waals surface area contributed by atoms with Gasteiger partial charge < -0.3 is 14.8 Å². The summed E-state index contributed by atoms with van der Waals surface area (Å²) in [6.45, 7) is 0. The van der Waals surface area contributed by atoms with E-state index in [2.05, 4.69) is 10.3 Å². The van der Waals surface area contributed by atoms with Crippen molar-refractivity contribution in [1.82, 2.24) is 4.98 Å². The molecule has 0 aliphatic heterocycles. The van der Waals surface area contributed by atoms with Crippen molar-refractivity contribution in [1.29, 1.82) is 0 Å². The first-order chi connectivity index (χ1) is 11.2. The number of benzene rings is 2. The van der Waals surface area contributed by atoms with Gasteiger partial charge in [0.05, 0.1) is 19.9 Å². The molecule has 0 amide bonds. The van der Waals surface area contributed by atoms with Crippen LogP contribution in [0.2, 0.25) is 0 Å². The Morgan fingerprint density at radius 3 is 2.52 bits per heavy atom. The molecule has 0 spiro atoms. The Hall–Kier alpha value is -2.60. The van der Waals surface area contributed by atoms with Crippen LogP contribution in [0.15, 0.2) is 47.8 Å². The van der Waals surface area contributed by atoms with Gasteiger partial charge in [-0.3, -0.25) is 0 Å². The third-order valence-electron chi connectivity index (χ3n) is 3.28. The highest BCUT2D eigenvalue weighted by molar-refractivity contribution is 7.14. The van der Waals surface area contributed by atoms with E-state index in [-0.39, 0.29) is 5.82 Å². The quantitative estimate of drug-likeness (QED) is 0.736. The number of nitrogens with one attached hydrogen (secondary N) is 1. The zero-order chi connectivity index (χ0) is 16.2. The van der Waals surface area contributed by atoms with Crippen molar-refractivity contribution in [2.45, 2.75) is 0 Å². The lowest BCUT2D eigenvalue weighted by molar-refractivity contribution is 0.415. The number of hydrogen-bond donors (Lipinski definition) is 1. The fourth-order valence-corrected chi connectivity index (χ4v) is 2.86. The summed E-state index contributed by atoms with van der Waals surface area (Å²) in [7, 11) is 3.18. The number of halogens is 1. The molecule has 0 radical (unpaired) electrons. The standard InChI is InChI=1S/C17H15FN2O2S/c1-21-13-6-4-12(5-7-13)19-17-20-15(10-23-17)14-9-11(18)3-8-16(14)22-2/h3-10H,1-2H3,(H,19,20). The zero-order valence-electron chi connectivity index (χ0n) is 12.7. The van der Waals surface area contributed by atoms with Gasteiger partial charge in [0.1, 0.15) is 17.3 Å². The van der Waals surface area contributed by atoms with Gasteiger partial charge in [0.15, 0.2) is 5.13 Å². The summed E-state index contributed by atoms with van der Waals surface area (Å²) < 4.78 is 23.9. The number of hydrogen-bond acceptors (Lipinski definition) is 5. The predicted octanol–water partition coefficient (Wildman–Crippen LogP) is 4.71. The van der Waals surface area contributed by atoms with E-state index in [1.165, 1.54) is 23.5 Å². The first kappa shape index (κ1) is 15.3. The Kier molecular flexibility index (Phi) is 4.43. The number of anilines is 2. The smallest absolute Gasteiger partial charge is 0.187 e. The van der Waals surface area contributed by atoms with Crippen molar-refractivity contribution in [3.8, 4) is 22.8 Å². The maximum atomic E-state index is 13.5. The first-order valence-corrected chi connectivity index (χ1v) is 7.78. The second-order valence-corrected chi connectivity index (χ2v) is 5.59. The van der Waals surface area contributed by atoms with Crippen LogP contribution in [0.1, 0.15) is 0 Å². The lowest BCUT2D eigenvalue weighted by Gasteiger charge is -2.06. The number of thiazole rings is 1. The molecule has 4 nitrogen and oxygen atoms in total. The molecule has 1 aromatic heterocycles. The SMILES string of the molecule is COc1ccc(Nc2nc(-c3cc(F)ccc3OC)cs2)cc1. The molecule has 0 atom stereocenters. The second kappa shape index (κ2) is 6.66. The topological polar surface area (TPSA) is 43.4 Å². The third kappa shape index (κ3) is 3.43. The average molecular weight is 330 g/mol. The largest absolute Gasteiger partial charge is 0.497 e. The van der Waals surface area contributed by atoms with Crippen LogP contribution in [0.5, 0.6) is 11.5 Å². The minimum Gasteiger partial charge on any atom is -0.497 e. The average Bonchev–Trinajstić information content (AvgIpc) is 3.04. The molecule has 2 aromatic carbocycles. The third-order valence-corrected chi connectivity index (χ3v) is 4.04. The monoisotopic (exact) mass is 330 g/mol. The zero-order valence-corrected chi connectivity index (χ0v) is 13.5. The second-order valence-electron chi connectivity index (χ2n) is 4.74. The summed E-state index contributed by atoms with van der Waals surface area (Å²) in [5.74, 6) is 1.06. The number of methoxy groups -OCH3 is 2. The van der Waals surface area contributed by atoms with Crippen molar-refractivity contribution < 1.29 is 13.9 Å². The Balaban J connectivity index is 1.84. The summed E-state index contributed by atoms with van der Waals surface area (Å²) in [6.07, 6.45) is 0. The summed E-state index contributed by atoms with van der Waals surface area (Å²) >= 11 is 1.44. The van der Waals surface area contributed by atoms with Crippen molar-refractivity contribution in [3.05, 3.63) is 53.7 Å². The van der Waals surface area contributed by atoms with E-state index in [0.29, 0.717) is 17.0 Å². The normalized spacial score (nSPS) is 10.4. The molecule has 0 fully saturated rings. The Labute approximate surface area is 137 Å². The van der Waals surface area contributed by atoms with Crippen LogP contribution in [0.4, 0.5) is 15.2 Å². The van der Waals surface area contributed by atoms with Gasteiger partial charge in [-0.25, -0.2) is 9.37 Å². The van der Waals surface area contributed by atoms with Crippen LogP contribution < -0.4 is 14.8 Å². The molecule has 6 heteroatoms. The first-order valence-electron chi connectivity index (χ1n) is 6.90. The molecule has 0 bridgehead atoms. The molecule has 23 heavy (non-hydrogen) atoms. The van der Waals surface area contributed by atoms with Crippen LogP contribution in [0, 0.1) is 5.82 Å². The highest BCUT2D eigenvalue weighted by Crippen LogP contribution is 2.33.